The normalized spacial score (nSPS) is 24.7. The molecule has 0 amide bonds. The molecular weight excluding hydrogens is 139 g/mol. The monoisotopic (exact) mass is 150 g/mol. The highest BCUT2D eigenvalue weighted by molar-refractivity contribution is 7.24. The van der Waals surface area contributed by atoms with Crippen molar-refractivity contribution in [1.82, 2.24) is 0 Å². The lowest BCUT2D eigenvalue weighted by Crippen LogP contribution is -2.42. The molecule has 54 valence electrons. The van der Waals surface area contributed by atoms with E-state index in [0.717, 1.165) is 13.2 Å². The zero-order valence-electron chi connectivity index (χ0n) is 5.39. The average molecular weight is 150 g/mol. The van der Waals surface area contributed by atoms with Crippen LogP contribution < -0.4 is 0 Å². The van der Waals surface area contributed by atoms with Gasteiger partial charge in [-0.25, -0.2) is 0 Å². The second-order valence-corrected chi connectivity index (χ2v) is 3.15. The van der Waals surface area contributed by atoms with Gasteiger partial charge in [0, 0.05) is 5.41 Å². The zero-order valence-corrected chi connectivity index (χ0v) is 6.39. The van der Waals surface area contributed by atoms with Crippen LogP contribution >= 0.6 is 9.03 Å². The first kappa shape index (κ1) is 7.42. The van der Waals surface area contributed by atoms with Crippen LogP contribution in [0.5, 0.6) is 0 Å². The van der Waals surface area contributed by atoms with Gasteiger partial charge in [-0.1, -0.05) is 6.92 Å². The Morgan fingerprint density at radius 1 is 1.78 bits per heavy atom. The second-order valence-electron chi connectivity index (χ2n) is 2.68. The first-order valence-corrected chi connectivity index (χ1v) is 3.71. The van der Waals surface area contributed by atoms with Crippen molar-refractivity contribution in [1.29, 1.82) is 0 Å². The molecule has 1 atom stereocenters. The van der Waals surface area contributed by atoms with Crippen LogP contribution in [0.4, 0.5) is 0 Å². The Bertz CT molecular complexity index is 92.2. The second kappa shape index (κ2) is 2.93. The summed E-state index contributed by atoms with van der Waals surface area (Å²) in [6.45, 7) is 4.22. The average Bonchev–Trinajstić information content (AvgIpc) is 1.79. The summed E-state index contributed by atoms with van der Waals surface area (Å²) in [6.07, 6.45) is 0. The largest absolute Gasteiger partial charge is 0.380 e. The van der Waals surface area contributed by atoms with Gasteiger partial charge < -0.3 is 14.2 Å². The van der Waals surface area contributed by atoms with E-state index in [0.29, 0.717) is 6.61 Å². The van der Waals surface area contributed by atoms with Crippen LogP contribution in [0.1, 0.15) is 6.92 Å². The molecule has 0 aromatic heterocycles. The summed E-state index contributed by atoms with van der Waals surface area (Å²) < 4.78 is 9.82. The molecule has 1 rings (SSSR count). The van der Waals surface area contributed by atoms with Gasteiger partial charge in [0.15, 0.2) is 9.03 Å². The Balaban J connectivity index is 2.09. The van der Waals surface area contributed by atoms with Crippen LogP contribution in [0, 0.1) is 5.41 Å². The molecule has 0 aromatic rings. The van der Waals surface area contributed by atoms with Crippen molar-refractivity contribution in [2.24, 2.45) is 5.41 Å². The highest BCUT2D eigenvalue weighted by Gasteiger charge is 2.33. The topological polar surface area (TPSA) is 38.7 Å². The molecule has 1 aliphatic rings. The minimum absolute atomic E-state index is 0.176. The van der Waals surface area contributed by atoms with Crippen molar-refractivity contribution in [3.05, 3.63) is 0 Å². The fraction of sp³-hybridized carbons (Fsp3) is 1.00. The molecule has 1 N–H and O–H groups in total. The van der Waals surface area contributed by atoms with Gasteiger partial charge in [0.2, 0.25) is 0 Å². The van der Waals surface area contributed by atoms with Gasteiger partial charge in [-0.2, -0.15) is 0 Å². The van der Waals surface area contributed by atoms with Crippen molar-refractivity contribution in [2.75, 3.05) is 19.8 Å². The smallest absolute Gasteiger partial charge is 0.152 e. The van der Waals surface area contributed by atoms with Gasteiger partial charge in [0.05, 0.1) is 19.8 Å². The van der Waals surface area contributed by atoms with E-state index in [1.165, 1.54) is 0 Å². The van der Waals surface area contributed by atoms with Crippen LogP contribution in [0.2, 0.25) is 0 Å². The summed E-state index contributed by atoms with van der Waals surface area (Å²) >= 11 is 0. The molecule has 0 bridgehead atoms. The van der Waals surface area contributed by atoms with E-state index in [4.69, 9.17) is 14.2 Å². The number of hydrogen-bond acceptors (Lipinski definition) is 3. The summed E-state index contributed by atoms with van der Waals surface area (Å²) in [5.74, 6) is 0. The molecule has 0 spiro atoms. The van der Waals surface area contributed by atoms with Crippen LogP contribution in [0.15, 0.2) is 0 Å². The maximum absolute atomic E-state index is 8.31. The van der Waals surface area contributed by atoms with Crippen LogP contribution in [-0.2, 0) is 9.26 Å². The van der Waals surface area contributed by atoms with E-state index in [9.17, 15) is 0 Å². The molecule has 9 heavy (non-hydrogen) atoms. The van der Waals surface area contributed by atoms with Crippen molar-refractivity contribution < 1.29 is 14.2 Å². The Morgan fingerprint density at radius 2 is 2.44 bits per heavy atom. The fourth-order valence-corrected chi connectivity index (χ4v) is 1.15. The summed E-state index contributed by atoms with van der Waals surface area (Å²) in [7, 11) is -0.387. The Hall–Kier alpha value is 0.310. The Kier molecular flexibility index (Phi) is 2.42. The van der Waals surface area contributed by atoms with Gasteiger partial charge in [-0.3, -0.25) is 0 Å². The molecule has 1 fully saturated rings. The van der Waals surface area contributed by atoms with E-state index >= 15 is 0 Å². The number of hydrogen-bond donors (Lipinski definition) is 1. The van der Waals surface area contributed by atoms with E-state index in [1.807, 2.05) is 0 Å². The van der Waals surface area contributed by atoms with E-state index in [2.05, 4.69) is 6.92 Å². The van der Waals surface area contributed by atoms with Gasteiger partial charge in [-0.05, 0) is 0 Å². The van der Waals surface area contributed by atoms with Crippen molar-refractivity contribution in [3.63, 3.8) is 0 Å². The molecule has 4 heteroatoms. The van der Waals surface area contributed by atoms with Gasteiger partial charge in [0.1, 0.15) is 0 Å². The molecule has 1 unspecified atom stereocenters. The number of rotatable bonds is 3. The highest BCUT2D eigenvalue weighted by atomic mass is 31.1. The lowest BCUT2D eigenvalue weighted by atomic mass is 9.90. The molecule has 0 aliphatic carbocycles. The minimum Gasteiger partial charge on any atom is -0.380 e. The van der Waals surface area contributed by atoms with E-state index in [-0.39, 0.29) is 14.4 Å². The predicted molar refractivity (Wildman–Crippen MR) is 35.4 cm³/mol. The van der Waals surface area contributed by atoms with Crippen LogP contribution in [-0.4, -0.2) is 24.7 Å². The standard InChI is InChI=1S/C5H11O3P/c1-5(2-7-3-5)4-8-9-6/h6,9H,2-4H2,1H3. The van der Waals surface area contributed by atoms with Gasteiger partial charge in [-0.15, -0.1) is 0 Å². The maximum Gasteiger partial charge on any atom is 0.152 e. The highest BCUT2D eigenvalue weighted by Crippen LogP contribution is 2.28. The van der Waals surface area contributed by atoms with Crippen molar-refractivity contribution in [2.45, 2.75) is 6.92 Å². The molecule has 0 aromatic carbocycles. The SMILES string of the molecule is CC1(COPO)COC1. The van der Waals surface area contributed by atoms with E-state index < -0.39 is 0 Å². The Morgan fingerprint density at radius 3 is 2.78 bits per heavy atom. The summed E-state index contributed by atoms with van der Waals surface area (Å²) in [5, 5.41) is 0. The van der Waals surface area contributed by atoms with Crippen LogP contribution in [0.25, 0.3) is 0 Å². The third kappa shape index (κ3) is 1.87. The van der Waals surface area contributed by atoms with Crippen LogP contribution in [0.3, 0.4) is 0 Å². The zero-order chi connectivity index (χ0) is 6.74. The Labute approximate surface area is 56.3 Å². The molecule has 1 aliphatic heterocycles. The number of ether oxygens (including phenoxy) is 1. The molecule has 0 saturated carbocycles. The molecule has 3 nitrogen and oxygen atoms in total. The lowest BCUT2D eigenvalue weighted by molar-refractivity contribution is -0.119. The lowest BCUT2D eigenvalue weighted by Gasteiger charge is -2.37. The van der Waals surface area contributed by atoms with E-state index in [1.54, 1.807) is 0 Å². The third-order valence-corrected chi connectivity index (χ3v) is 1.66. The molecule has 1 saturated heterocycles. The summed E-state index contributed by atoms with van der Waals surface area (Å²) in [5.41, 5.74) is 0.176. The predicted octanol–water partition coefficient (Wildman–Crippen LogP) is 0.540. The molecule has 0 radical (unpaired) electrons. The maximum atomic E-state index is 8.31. The van der Waals surface area contributed by atoms with Crippen molar-refractivity contribution in [3.8, 4) is 0 Å². The van der Waals surface area contributed by atoms with Gasteiger partial charge in [0.25, 0.3) is 0 Å². The minimum atomic E-state index is -0.387. The molecular formula is C5H11O3P. The quantitative estimate of drug-likeness (QED) is 0.597. The first-order chi connectivity index (χ1) is 4.27. The first-order valence-electron chi connectivity index (χ1n) is 2.85. The van der Waals surface area contributed by atoms with Gasteiger partial charge >= 0.3 is 0 Å². The summed E-state index contributed by atoms with van der Waals surface area (Å²) in [6, 6.07) is 0. The molecule has 1 heterocycles. The summed E-state index contributed by atoms with van der Waals surface area (Å²) in [4.78, 5) is 8.31. The fourth-order valence-electron chi connectivity index (χ4n) is 0.740. The third-order valence-electron chi connectivity index (χ3n) is 1.39. The van der Waals surface area contributed by atoms with Crippen molar-refractivity contribution >= 4 is 9.03 Å².